The van der Waals surface area contributed by atoms with Gasteiger partial charge in [0.25, 0.3) is 5.91 Å². The molecule has 2 rings (SSSR count). The molecule has 0 heterocycles. The van der Waals surface area contributed by atoms with E-state index in [1.54, 1.807) is 48.5 Å². The summed E-state index contributed by atoms with van der Waals surface area (Å²) in [5.74, 6) is 0.544. The van der Waals surface area contributed by atoms with Gasteiger partial charge in [-0.3, -0.25) is 9.10 Å². The molecule has 0 aromatic heterocycles. The highest BCUT2D eigenvalue weighted by molar-refractivity contribution is 14.1. The van der Waals surface area contributed by atoms with Gasteiger partial charge in [0.15, 0.2) is 11.5 Å². The second-order valence-corrected chi connectivity index (χ2v) is 9.43. The third-order valence-corrected chi connectivity index (χ3v) is 5.69. The molecule has 31 heavy (non-hydrogen) atoms. The highest BCUT2D eigenvalue weighted by Gasteiger charge is 2.20. The molecule has 0 fully saturated rings. The number of hydrazone groups is 1. The molecule has 166 valence electrons. The number of hydrogen-bond acceptors (Lipinski definition) is 6. The molecule has 1 N–H and O–H groups in total. The molecule has 0 aliphatic heterocycles. The average Bonchev–Trinajstić information content (AvgIpc) is 2.72. The number of carbonyl (C=O) groups excluding carboxylic acids is 1. The minimum absolute atomic E-state index is 0.348. The fourth-order valence-electron chi connectivity index (χ4n) is 2.49. The van der Waals surface area contributed by atoms with Crippen LogP contribution in [-0.4, -0.2) is 46.6 Å². The van der Waals surface area contributed by atoms with Crippen LogP contribution in [0.4, 0.5) is 5.69 Å². The van der Waals surface area contributed by atoms with Gasteiger partial charge in [0, 0.05) is 3.57 Å². The fourth-order valence-corrected chi connectivity index (χ4v) is 3.71. The number of anilines is 1. The summed E-state index contributed by atoms with van der Waals surface area (Å²) in [4.78, 5) is 12.3. The van der Waals surface area contributed by atoms with E-state index in [-0.39, 0.29) is 0 Å². The predicted molar refractivity (Wildman–Crippen MR) is 130 cm³/mol. The Morgan fingerprint density at radius 2 is 1.90 bits per heavy atom. The van der Waals surface area contributed by atoms with E-state index in [0.717, 1.165) is 14.1 Å². The van der Waals surface area contributed by atoms with Gasteiger partial charge in [0.1, 0.15) is 13.2 Å². The first kappa shape index (κ1) is 24.7. The normalized spacial score (nSPS) is 11.2. The molecule has 0 saturated heterocycles. The van der Waals surface area contributed by atoms with Crippen molar-refractivity contribution in [3.05, 3.63) is 64.3 Å². The highest BCUT2D eigenvalue weighted by Crippen LogP contribution is 2.28. The van der Waals surface area contributed by atoms with E-state index in [9.17, 15) is 13.2 Å². The van der Waals surface area contributed by atoms with Crippen molar-refractivity contribution in [3.8, 4) is 11.5 Å². The van der Waals surface area contributed by atoms with Crippen molar-refractivity contribution in [3.63, 3.8) is 0 Å². The molecule has 0 saturated carbocycles. The van der Waals surface area contributed by atoms with Crippen LogP contribution in [0.3, 0.4) is 0 Å². The molecule has 10 heteroatoms. The summed E-state index contributed by atoms with van der Waals surface area (Å²) in [5, 5.41) is 3.92. The van der Waals surface area contributed by atoms with Crippen LogP contribution in [0.2, 0.25) is 0 Å². The Labute approximate surface area is 196 Å². The lowest BCUT2D eigenvalue weighted by atomic mass is 10.2. The summed E-state index contributed by atoms with van der Waals surface area (Å²) >= 11 is 2.12. The maximum absolute atomic E-state index is 12.3. The summed E-state index contributed by atoms with van der Waals surface area (Å²) in [6.07, 6.45) is 4.12. The van der Waals surface area contributed by atoms with Crippen LogP contribution < -0.4 is 19.2 Å². The Balaban J connectivity index is 2.07. The number of hydrogen-bond donors (Lipinski definition) is 1. The lowest BCUT2D eigenvalue weighted by molar-refractivity contribution is -0.119. The number of ether oxygens (including phenoxy) is 2. The van der Waals surface area contributed by atoms with Crippen LogP contribution in [0.25, 0.3) is 0 Å². The quantitative estimate of drug-likeness (QED) is 0.198. The minimum Gasteiger partial charge on any atom is -0.490 e. The fraction of sp³-hybridized carbons (Fsp3) is 0.238. The van der Waals surface area contributed by atoms with Crippen LogP contribution in [0.15, 0.2) is 60.2 Å². The van der Waals surface area contributed by atoms with E-state index in [2.05, 4.69) is 39.7 Å². The Hall–Kier alpha value is -2.60. The van der Waals surface area contributed by atoms with Crippen LogP contribution in [0.5, 0.6) is 11.5 Å². The molecule has 0 unspecified atom stereocenters. The Bertz CT molecular complexity index is 1040. The van der Waals surface area contributed by atoms with Gasteiger partial charge < -0.3 is 9.47 Å². The van der Waals surface area contributed by atoms with Crippen LogP contribution in [0, 0.1) is 3.57 Å². The molecule has 0 spiro atoms. The minimum atomic E-state index is -3.65. The summed E-state index contributed by atoms with van der Waals surface area (Å²) in [7, 11) is -3.65. The lowest BCUT2D eigenvalue weighted by Gasteiger charge is -2.21. The lowest BCUT2D eigenvalue weighted by Crippen LogP contribution is -2.39. The average molecular weight is 557 g/mol. The van der Waals surface area contributed by atoms with Gasteiger partial charge in [-0.2, -0.15) is 5.10 Å². The number of nitrogens with zero attached hydrogens (tertiary/aromatic N) is 2. The summed E-state index contributed by atoms with van der Waals surface area (Å²) in [5.41, 5.74) is 3.43. The van der Waals surface area contributed by atoms with Gasteiger partial charge in [-0.05, 0) is 77.5 Å². The molecule has 0 aliphatic carbocycles. The first-order valence-electron chi connectivity index (χ1n) is 9.30. The predicted octanol–water partition coefficient (Wildman–Crippen LogP) is 3.17. The molecule has 2 aromatic rings. The Morgan fingerprint density at radius 3 is 2.52 bits per heavy atom. The smallest absolute Gasteiger partial charge is 0.260 e. The van der Waals surface area contributed by atoms with Gasteiger partial charge >= 0.3 is 0 Å². The molecule has 0 atom stereocenters. The SMILES string of the molecule is C=CCOc1ccc(/C=N\NC(=O)CN(c2ccc(I)cc2)S(C)(=O)=O)cc1OCC. The second kappa shape index (κ2) is 11.7. The van der Waals surface area contributed by atoms with E-state index in [4.69, 9.17) is 9.47 Å². The van der Waals surface area contributed by atoms with Crippen LogP contribution in [0.1, 0.15) is 12.5 Å². The Morgan fingerprint density at radius 1 is 1.19 bits per heavy atom. The highest BCUT2D eigenvalue weighted by atomic mass is 127. The van der Waals surface area contributed by atoms with Gasteiger partial charge in [-0.25, -0.2) is 13.8 Å². The molecule has 2 aromatic carbocycles. The standard InChI is InChI=1S/C21H24IN3O5S/c1-4-12-30-19-11-6-16(13-20(19)29-5-2)14-23-24-21(26)15-25(31(3,27)28)18-9-7-17(22)8-10-18/h4,6-11,13-14H,1,5,12,15H2,2-3H3,(H,24,26)/b23-14-. The molecular formula is C21H24IN3O5S. The van der Waals surface area contributed by atoms with Crippen LogP contribution in [-0.2, 0) is 14.8 Å². The zero-order valence-electron chi connectivity index (χ0n) is 17.2. The maximum Gasteiger partial charge on any atom is 0.260 e. The van der Waals surface area contributed by atoms with E-state index in [1.807, 2.05) is 6.92 Å². The number of halogens is 1. The zero-order chi connectivity index (χ0) is 22.9. The van der Waals surface area contributed by atoms with Crippen molar-refractivity contribution < 1.29 is 22.7 Å². The van der Waals surface area contributed by atoms with E-state index in [1.165, 1.54) is 6.21 Å². The zero-order valence-corrected chi connectivity index (χ0v) is 20.2. The first-order valence-corrected chi connectivity index (χ1v) is 12.2. The number of carbonyl (C=O) groups is 1. The molecule has 0 radical (unpaired) electrons. The van der Waals surface area contributed by atoms with E-state index >= 15 is 0 Å². The first-order chi connectivity index (χ1) is 14.7. The molecule has 8 nitrogen and oxygen atoms in total. The topological polar surface area (TPSA) is 97.3 Å². The Kier molecular flexibility index (Phi) is 9.31. The monoisotopic (exact) mass is 557 g/mol. The van der Waals surface area contributed by atoms with Crippen molar-refractivity contribution in [2.45, 2.75) is 6.92 Å². The van der Waals surface area contributed by atoms with E-state index < -0.39 is 22.5 Å². The number of benzene rings is 2. The van der Waals surface area contributed by atoms with Crippen molar-refractivity contribution in [1.29, 1.82) is 0 Å². The van der Waals surface area contributed by atoms with Gasteiger partial charge in [-0.15, -0.1) is 0 Å². The molecular weight excluding hydrogens is 533 g/mol. The number of sulfonamides is 1. The number of rotatable bonds is 11. The molecule has 1 amide bonds. The molecule has 0 bridgehead atoms. The van der Waals surface area contributed by atoms with Crippen molar-refractivity contribution in [2.75, 3.05) is 30.3 Å². The van der Waals surface area contributed by atoms with Crippen LogP contribution >= 0.6 is 22.6 Å². The van der Waals surface area contributed by atoms with E-state index in [0.29, 0.717) is 36.0 Å². The summed E-state index contributed by atoms with van der Waals surface area (Å²) in [6, 6.07) is 12.0. The van der Waals surface area contributed by atoms with Crippen molar-refractivity contribution in [1.82, 2.24) is 5.43 Å². The summed E-state index contributed by atoms with van der Waals surface area (Å²) < 4.78 is 37.3. The number of amides is 1. The van der Waals surface area contributed by atoms with Crippen molar-refractivity contribution in [2.24, 2.45) is 5.10 Å². The van der Waals surface area contributed by atoms with Gasteiger partial charge in [0.05, 0.1) is 24.8 Å². The molecule has 0 aliphatic rings. The largest absolute Gasteiger partial charge is 0.490 e. The maximum atomic E-state index is 12.3. The van der Waals surface area contributed by atoms with Crippen molar-refractivity contribution >= 4 is 50.4 Å². The third-order valence-electron chi connectivity index (χ3n) is 3.83. The number of nitrogens with one attached hydrogen (secondary N) is 1. The summed E-state index contributed by atoms with van der Waals surface area (Å²) in [6.45, 7) is 5.89. The van der Waals surface area contributed by atoms with Gasteiger partial charge in [0.2, 0.25) is 10.0 Å². The van der Waals surface area contributed by atoms with Gasteiger partial charge in [-0.1, -0.05) is 12.7 Å². The second-order valence-electron chi connectivity index (χ2n) is 6.28. The third kappa shape index (κ3) is 7.87.